The summed E-state index contributed by atoms with van der Waals surface area (Å²) < 4.78 is 2.27. The number of anilines is 1. The first kappa shape index (κ1) is 21.4. The molecule has 29 heavy (non-hydrogen) atoms. The van der Waals surface area contributed by atoms with E-state index in [1.165, 1.54) is 5.52 Å². The lowest BCUT2D eigenvalue weighted by Gasteiger charge is -2.18. The molecular formula is C21H29ClN6O. The van der Waals surface area contributed by atoms with Gasteiger partial charge in [0.2, 0.25) is 0 Å². The molecule has 0 saturated heterocycles. The van der Waals surface area contributed by atoms with E-state index in [0.29, 0.717) is 12.2 Å². The molecule has 8 heteroatoms. The number of nitrogens with one attached hydrogen (secondary N) is 3. The second-order valence-electron chi connectivity index (χ2n) is 7.22. The molecule has 156 valence electrons. The summed E-state index contributed by atoms with van der Waals surface area (Å²) in [5.41, 5.74) is 4.50. The molecule has 1 aliphatic rings. The van der Waals surface area contributed by atoms with E-state index < -0.39 is 0 Å². The van der Waals surface area contributed by atoms with Crippen molar-refractivity contribution in [1.82, 2.24) is 25.0 Å². The highest BCUT2D eigenvalue weighted by Gasteiger charge is 2.21. The largest absolute Gasteiger partial charge is 0.346 e. The van der Waals surface area contributed by atoms with Gasteiger partial charge < -0.3 is 20.1 Å². The van der Waals surface area contributed by atoms with Crippen LogP contribution in [0.4, 0.5) is 5.69 Å². The van der Waals surface area contributed by atoms with Crippen molar-refractivity contribution in [2.24, 2.45) is 0 Å². The Labute approximate surface area is 177 Å². The predicted octanol–water partition coefficient (Wildman–Crippen LogP) is 3.03. The Balaban J connectivity index is 0.00000240. The fraction of sp³-hybridized carbons (Fsp3) is 0.429. The molecule has 7 nitrogen and oxygen atoms in total. The molecule has 3 aromatic rings. The van der Waals surface area contributed by atoms with Crippen LogP contribution in [0.25, 0.3) is 10.9 Å². The Morgan fingerprint density at radius 1 is 1.28 bits per heavy atom. The molecule has 3 N–H and O–H groups in total. The maximum absolute atomic E-state index is 12.7. The average Bonchev–Trinajstić information content (AvgIpc) is 3.32. The number of fused-ring (bicyclic) bond motifs is 2. The highest BCUT2D eigenvalue weighted by molar-refractivity contribution is 6.05. The summed E-state index contributed by atoms with van der Waals surface area (Å²) in [6, 6.07) is 8.17. The first-order valence-electron chi connectivity index (χ1n) is 10.1. The van der Waals surface area contributed by atoms with Crippen LogP contribution in [0.3, 0.4) is 0 Å². The third kappa shape index (κ3) is 4.47. The Morgan fingerprint density at radius 2 is 2.10 bits per heavy atom. The highest BCUT2D eigenvalue weighted by atomic mass is 35.5. The molecule has 1 aromatic carbocycles. The van der Waals surface area contributed by atoms with Crippen molar-refractivity contribution >= 4 is 34.9 Å². The topological polar surface area (TPSA) is 78.0 Å². The number of H-pyrrole nitrogens is 1. The molecule has 0 aliphatic carbocycles. The molecule has 0 saturated carbocycles. The summed E-state index contributed by atoms with van der Waals surface area (Å²) in [7, 11) is 0. The normalized spacial score (nSPS) is 13.3. The van der Waals surface area contributed by atoms with E-state index >= 15 is 0 Å². The van der Waals surface area contributed by atoms with Crippen LogP contribution in [0.1, 0.15) is 35.6 Å². The van der Waals surface area contributed by atoms with Crippen molar-refractivity contribution in [2.75, 3.05) is 31.5 Å². The van der Waals surface area contributed by atoms with Gasteiger partial charge in [0.15, 0.2) is 5.69 Å². The first-order valence-corrected chi connectivity index (χ1v) is 10.1. The Kier molecular flexibility index (Phi) is 6.95. The Morgan fingerprint density at radius 3 is 2.90 bits per heavy atom. The van der Waals surface area contributed by atoms with E-state index in [9.17, 15) is 4.79 Å². The summed E-state index contributed by atoms with van der Waals surface area (Å²) in [5, 5.41) is 14.7. The van der Waals surface area contributed by atoms with Crippen LogP contribution >= 0.6 is 12.4 Å². The van der Waals surface area contributed by atoms with Crippen LogP contribution < -0.4 is 10.6 Å². The molecule has 1 amide bonds. The highest BCUT2D eigenvalue weighted by Crippen LogP contribution is 2.22. The van der Waals surface area contributed by atoms with Gasteiger partial charge >= 0.3 is 0 Å². The summed E-state index contributed by atoms with van der Waals surface area (Å²) in [4.78, 5) is 15.1. The number of aromatic amines is 1. The van der Waals surface area contributed by atoms with Crippen molar-refractivity contribution in [3.05, 3.63) is 47.4 Å². The van der Waals surface area contributed by atoms with Gasteiger partial charge in [-0.1, -0.05) is 13.8 Å². The lowest BCUT2D eigenvalue weighted by Crippen LogP contribution is -2.26. The molecule has 0 fully saturated rings. The molecule has 0 spiro atoms. The van der Waals surface area contributed by atoms with Crippen LogP contribution in [0, 0.1) is 0 Å². The molecule has 0 unspecified atom stereocenters. The summed E-state index contributed by atoms with van der Waals surface area (Å²) in [6.45, 7) is 10.1. The van der Waals surface area contributed by atoms with E-state index in [-0.39, 0.29) is 18.3 Å². The number of benzene rings is 1. The minimum absolute atomic E-state index is 0. The maximum Gasteiger partial charge on any atom is 0.276 e. The molecular weight excluding hydrogens is 388 g/mol. The number of carbonyl (C=O) groups is 1. The van der Waals surface area contributed by atoms with Gasteiger partial charge in [-0.15, -0.1) is 12.4 Å². The zero-order valence-electron chi connectivity index (χ0n) is 17.0. The zero-order chi connectivity index (χ0) is 19.5. The molecule has 2 aromatic heterocycles. The van der Waals surface area contributed by atoms with Crippen LogP contribution in [-0.2, 0) is 19.5 Å². The smallest absolute Gasteiger partial charge is 0.276 e. The van der Waals surface area contributed by atoms with Gasteiger partial charge in [0.05, 0.1) is 0 Å². The molecule has 0 radical (unpaired) electrons. The molecule has 4 rings (SSSR count). The number of halogens is 1. The number of likely N-dealkylation sites (N-methyl/N-ethyl adjacent to an activating group) is 1. The van der Waals surface area contributed by atoms with Crippen LogP contribution in [-0.4, -0.2) is 51.8 Å². The van der Waals surface area contributed by atoms with E-state index in [2.05, 4.69) is 62.5 Å². The van der Waals surface area contributed by atoms with Gasteiger partial charge in [-0.3, -0.25) is 9.89 Å². The van der Waals surface area contributed by atoms with E-state index in [1.54, 1.807) is 0 Å². The van der Waals surface area contributed by atoms with Gasteiger partial charge in [0.25, 0.3) is 5.91 Å². The maximum atomic E-state index is 12.7. The summed E-state index contributed by atoms with van der Waals surface area (Å²) in [5.74, 6) is -0.165. The van der Waals surface area contributed by atoms with Crippen LogP contribution in [0.5, 0.6) is 0 Å². The standard InChI is InChI=1S/C21H28N6O.ClH/c1-3-26(4-2)11-12-27-10-8-15-13-16(5-6-19(15)27)23-21(28)20-17-14-22-9-7-18(17)24-25-20;/h5-6,8,10,13,22H,3-4,7,9,11-12,14H2,1-2H3,(H,23,28)(H,24,25);1H. The summed E-state index contributed by atoms with van der Waals surface area (Å²) in [6.07, 6.45) is 3.00. The fourth-order valence-electron chi connectivity index (χ4n) is 3.87. The van der Waals surface area contributed by atoms with Crippen LogP contribution in [0.15, 0.2) is 30.5 Å². The lowest BCUT2D eigenvalue weighted by atomic mass is 10.1. The molecule has 0 atom stereocenters. The number of hydrogen-bond acceptors (Lipinski definition) is 4. The monoisotopic (exact) mass is 416 g/mol. The van der Waals surface area contributed by atoms with Gasteiger partial charge in [-0.05, 0) is 37.4 Å². The van der Waals surface area contributed by atoms with Gasteiger partial charge in [-0.2, -0.15) is 5.10 Å². The number of amides is 1. The summed E-state index contributed by atoms with van der Waals surface area (Å²) >= 11 is 0. The van der Waals surface area contributed by atoms with E-state index in [1.807, 2.05) is 12.1 Å². The number of rotatable bonds is 7. The Bertz CT molecular complexity index is 975. The first-order chi connectivity index (χ1) is 13.7. The van der Waals surface area contributed by atoms with E-state index in [0.717, 1.165) is 61.5 Å². The second-order valence-corrected chi connectivity index (χ2v) is 7.22. The zero-order valence-corrected chi connectivity index (χ0v) is 17.8. The molecule has 0 bridgehead atoms. The van der Waals surface area contributed by atoms with Gasteiger partial charge in [-0.25, -0.2) is 0 Å². The lowest BCUT2D eigenvalue weighted by molar-refractivity contribution is 0.102. The second kappa shape index (κ2) is 9.43. The fourth-order valence-corrected chi connectivity index (χ4v) is 3.87. The molecule has 3 heterocycles. The van der Waals surface area contributed by atoms with Gasteiger partial charge in [0, 0.05) is 66.6 Å². The number of hydrogen-bond donors (Lipinski definition) is 3. The van der Waals surface area contributed by atoms with Crippen LogP contribution in [0.2, 0.25) is 0 Å². The number of aromatic nitrogens is 3. The SMILES string of the molecule is CCN(CC)CCn1ccc2cc(NC(=O)c3n[nH]c4c3CNCC4)ccc21.Cl. The Hall–Kier alpha value is -2.35. The average molecular weight is 417 g/mol. The number of carbonyl (C=O) groups excluding carboxylic acids is 1. The quantitative estimate of drug-likeness (QED) is 0.553. The van der Waals surface area contributed by atoms with Crippen molar-refractivity contribution in [2.45, 2.75) is 33.4 Å². The van der Waals surface area contributed by atoms with Gasteiger partial charge in [0.1, 0.15) is 0 Å². The van der Waals surface area contributed by atoms with Crippen molar-refractivity contribution < 1.29 is 4.79 Å². The molecule has 1 aliphatic heterocycles. The van der Waals surface area contributed by atoms with Crippen molar-refractivity contribution in [1.29, 1.82) is 0 Å². The minimum atomic E-state index is -0.165. The predicted molar refractivity (Wildman–Crippen MR) is 119 cm³/mol. The minimum Gasteiger partial charge on any atom is -0.346 e. The number of nitrogens with zero attached hydrogens (tertiary/aromatic N) is 3. The third-order valence-corrected chi connectivity index (χ3v) is 5.60. The van der Waals surface area contributed by atoms with Crippen molar-refractivity contribution in [3.8, 4) is 0 Å². The van der Waals surface area contributed by atoms with Crippen molar-refractivity contribution in [3.63, 3.8) is 0 Å². The van der Waals surface area contributed by atoms with E-state index in [4.69, 9.17) is 0 Å². The third-order valence-electron chi connectivity index (χ3n) is 5.60.